The Kier molecular flexibility index (Phi) is 5.62. The fourth-order valence-corrected chi connectivity index (χ4v) is 8.30. The molecule has 5 heterocycles. The number of amides is 1. The molecular weight excluding hydrogens is 520 g/mol. The van der Waals surface area contributed by atoms with E-state index in [0.29, 0.717) is 28.8 Å². The van der Waals surface area contributed by atoms with Crippen molar-refractivity contribution in [2.24, 2.45) is 11.8 Å². The number of nitriles is 1. The van der Waals surface area contributed by atoms with Crippen LogP contribution in [0, 0.1) is 23.2 Å². The monoisotopic (exact) mass is 554 g/mol. The maximum atomic E-state index is 13.5. The molecule has 6 aliphatic rings. The predicted octanol–water partition coefficient (Wildman–Crippen LogP) is 2.24. The summed E-state index contributed by atoms with van der Waals surface area (Å²) < 4.78 is 1.95. The van der Waals surface area contributed by atoms with E-state index in [9.17, 15) is 29.9 Å². The minimum atomic E-state index is -1.18. The van der Waals surface area contributed by atoms with Gasteiger partial charge >= 0.3 is 5.97 Å². The van der Waals surface area contributed by atoms with Crippen LogP contribution in [0.3, 0.4) is 0 Å². The predicted molar refractivity (Wildman–Crippen MR) is 149 cm³/mol. The summed E-state index contributed by atoms with van der Waals surface area (Å²) in [5.41, 5.74) is 5.27. The Morgan fingerprint density at radius 2 is 1.66 bits per heavy atom. The number of aliphatic hydroxyl groups is 1. The zero-order chi connectivity index (χ0) is 28.8. The first-order valence-electron chi connectivity index (χ1n) is 14.5. The van der Waals surface area contributed by atoms with Gasteiger partial charge in [-0.3, -0.25) is 14.1 Å². The minimum Gasteiger partial charge on any atom is -0.477 e. The molecule has 4 atom stereocenters. The Morgan fingerprint density at radius 3 is 2.29 bits per heavy atom. The second-order valence-corrected chi connectivity index (χ2v) is 12.8. The Bertz CT molecular complexity index is 1590. The molecular formula is C32H34N4O5+2. The van der Waals surface area contributed by atoms with E-state index in [-0.39, 0.29) is 23.3 Å². The molecule has 9 nitrogen and oxygen atoms in total. The zero-order valence-electron chi connectivity index (χ0n) is 23.3. The van der Waals surface area contributed by atoms with E-state index in [1.807, 2.05) is 25.1 Å². The summed E-state index contributed by atoms with van der Waals surface area (Å²) in [7, 11) is 0. The standard InChI is InChI=1S/C32H33N4O5/c1-18-26(29(32(40)41)34-28(18)27(19(2)37)31(34)39)21-4-6-22-24-15-20(3-5-23(24)30(38)25(22)16-21)17-36-12-9-35(8-7-33,10-13-36)11-14-36/h3-6,15-16,18-19,27-28,37H,8-14,17H2,1-2H3/q+1/p+1/t18-,19+,27+,28+,35?,36?/m0/s1. The number of carbonyl (C=O) groups excluding carboxylic acids is 2. The first-order chi connectivity index (χ1) is 19.6. The fourth-order valence-electron chi connectivity index (χ4n) is 8.30. The van der Waals surface area contributed by atoms with Crippen LogP contribution in [0.2, 0.25) is 0 Å². The van der Waals surface area contributed by atoms with Gasteiger partial charge in [-0.1, -0.05) is 25.1 Å². The largest absolute Gasteiger partial charge is 0.477 e. The van der Waals surface area contributed by atoms with Crippen LogP contribution in [0.5, 0.6) is 0 Å². The van der Waals surface area contributed by atoms with Crippen molar-refractivity contribution in [3.63, 3.8) is 0 Å². The van der Waals surface area contributed by atoms with Crippen LogP contribution in [0.25, 0.3) is 16.7 Å². The average molecular weight is 555 g/mol. The molecule has 1 amide bonds. The van der Waals surface area contributed by atoms with E-state index in [2.05, 4.69) is 18.2 Å². The number of nitrogens with zero attached hydrogens (tertiary/aromatic N) is 4. The average Bonchev–Trinajstić information content (AvgIpc) is 3.37. The van der Waals surface area contributed by atoms with Crippen molar-refractivity contribution in [1.29, 1.82) is 5.26 Å². The molecule has 0 unspecified atom stereocenters. The third-order valence-corrected chi connectivity index (χ3v) is 10.6. The molecule has 0 radical (unpaired) electrons. The number of carboxylic acid groups (broad SMARTS) is 1. The number of hydrogen-bond acceptors (Lipinski definition) is 5. The number of carboxylic acids is 1. The second kappa shape index (κ2) is 8.83. The molecule has 4 saturated heterocycles. The molecule has 2 aromatic rings. The van der Waals surface area contributed by atoms with E-state index < -0.39 is 24.0 Å². The second-order valence-electron chi connectivity index (χ2n) is 12.8. The summed E-state index contributed by atoms with van der Waals surface area (Å²) in [6, 6.07) is 13.6. The molecule has 0 spiro atoms. The molecule has 5 aliphatic heterocycles. The summed E-state index contributed by atoms with van der Waals surface area (Å²) in [4.78, 5) is 40.0. The number of fused-ring (bicyclic) bond motifs is 7. The number of aliphatic hydroxyl groups excluding tert-OH is 1. The van der Waals surface area contributed by atoms with Gasteiger partial charge in [0.15, 0.2) is 12.3 Å². The summed E-state index contributed by atoms with van der Waals surface area (Å²) in [5.74, 6) is -2.56. The first kappa shape index (κ1) is 26.1. The van der Waals surface area contributed by atoms with Crippen LogP contribution in [-0.4, -0.2) is 99.7 Å². The number of carbonyl (C=O) groups is 3. The van der Waals surface area contributed by atoms with Gasteiger partial charge < -0.3 is 19.6 Å². The highest BCUT2D eigenvalue weighted by molar-refractivity contribution is 6.22. The van der Waals surface area contributed by atoms with Crippen molar-refractivity contribution in [2.75, 3.05) is 45.8 Å². The van der Waals surface area contributed by atoms with Crippen molar-refractivity contribution >= 4 is 23.2 Å². The van der Waals surface area contributed by atoms with E-state index in [1.54, 1.807) is 13.0 Å². The smallest absolute Gasteiger partial charge is 0.352 e. The van der Waals surface area contributed by atoms with E-state index >= 15 is 0 Å². The van der Waals surface area contributed by atoms with Crippen molar-refractivity contribution in [3.05, 3.63) is 64.3 Å². The van der Waals surface area contributed by atoms with Gasteiger partial charge in [-0.25, -0.2) is 4.79 Å². The van der Waals surface area contributed by atoms with Gasteiger partial charge in [-0.2, -0.15) is 5.26 Å². The maximum Gasteiger partial charge on any atom is 0.352 e. The molecule has 1 aliphatic carbocycles. The molecule has 0 aromatic heterocycles. The third kappa shape index (κ3) is 3.61. The number of benzene rings is 2. The lowest BCUT2D eigenvalue weighted by Crippen LogP contribution is -2.74. The van der Waals surface area contributed by atoms with E-state index in [0.717, 1.165) is 65.9 Å². The van der Waals surface area contributed by atoms with Crippen molar-refractivity contribution in [3.8, 4) is 17.2 Å². The van der Waals surface area contributed by atoms with Gasteiger partial charge in [-0.05, 0) is 47.4 Å². The molecule has 8 rings (SSSR count). The molecule has 2 aromatic carbocycles. The zero-order valence-corrected chi connectivity index (χ0v) is 23.3. The maximum absolute atomic E-state index is 13.5. The summed E-state index contributed by atoms with van der Waals surface area (Å²) in [6.45, 7) is 11.3. The molecule has 210 valence electrons. The van der Waals surface area contributed by atoms with Crippen molar-refractivity contribution < 1.29 is 33.6 Å². The van der Waals surface area contributed by atoms with Gasteiger partial charge in [-0.15, -0.1) is 0 Å². The van der Waals surface area contributed by atoms with Gasteiger partial charge in [0, 0.05) is 22.6 Å². The number of hydrogen-bond donors (Lipinski definition) is 2. The van der Waals surface area contributed by atoms with E-state index in [4.69, 9.17) is 0 Å². The molecule has 9 heteroatoms. The molecule has 2 bridgehead atoms. The number of β-lactam (4-membered cyclic amide) rings is 1. The lowest BCUT2D eigenvalue weighted by molar-refractivity contribution is -1.08. The molecule has 41 heavy (non-hydrogen) atoms. The number of piperazine rings is 3. The highest BCUT2D eigenvalue weighted by atomic mass is 16.4. The van der Waals surface area contributed by atoms with Crippen LogP contribution in [0.4, 0.5) is 0 Å². The van der Waals surface area contributed by atoms with Crippen LogP contribution >= 0.6 is 0 Å². The first-order valence-corrected chi connectivity index (χ1v) is 14.5. The lowest BCUT2D eigenvalue weighted by Gasteiger charge is -2.54. The fraction of sp³-hybridized carbons (Fsp3) is 0.438. The molecule has 0 saturated carbocycles. The Morgan fingerprint density at radius 1 is 1.00 bits per heavy atom. The summed E-state index contributed by atoms with van der Waals surface area (Å²) in [6.07, 6.45) is -0.870. The number of quaternary nitrogens is 2. The summed E-state index contributed by atoms with van der Waals surface area (Å²) >= 11 is 0. The van der Waals surface area contributed by atoms with Gasteiger partial charge in [0.2, 0.25) is 5.91 Å². The third-order valence-electron chi connectivity index (χ3n) is 10.6. The van der Waals surface area contributed by atoms with Crippen LogP contribution in [-0.2, 0) is 16.1 Å². The van der Waals surface area contributed by atoms with Crippen molar-refractivity contribution in [2.45, 2.75) is 32.5 Å². The van der Waals surface area contributed by atoms with Gasteiger partial charge in [0.05, 0.1) is 18.1 Å². The Balaban J connectivity index is 1.20. The Hall–Kier alpha value is -3.84. The highest BCUT2D eigenvalue weighted by Gasteiger charge is 2.60. The SMILES string of the molecule is C[C@@H](O)[C@H]1C(=O)N2C(C(=O)O)=C(c3ccc4c(c3)C(=O)c3ccc(C[N+]56CC[N+](CC#N)(CC5)CC6)cc3-4)[C@H](C)[C@H]12. The highest BCUT2D eigenvalue weighted by Crippen LogP contribution is 2.51. The topological polar surface area (TPSA) is 119 Å². The quantitative estimate of drug-likeness (QED) is 0.274. The number of ketones is 1. The number of aliphatic carboxylic acids is 1. The molecule has 4 fully saturated rings. The summed E-state index contributed by atoms with van der Waals surface area (Å²) in [5, 5.41) is 29.5. The van der Waals surface area contributed by atoms with Gasteiger partial charge in [0.1, 0.15) is 57.6 Å². The van der Waals surface area contributed by atoms with Crippen LogP contribution < -0.4 is 0 Å². The van der Waals surface area contributed by atoms with E-state index in [1.165, 1.54) is 10.5 Å². The van der Waals surface area contributed by atoms with Crippen molar-refractivity contribution in [1.82, 2.24) is 4.90 Å². The normalized spacial score (nSPS) is 31.9. The minimum absolute atomic E-state index is 0.0519. The van der Waals surface area contributed by atoms with Crippen LogP contribution in [0.1, 0.15) is 40.9 Å². The number of rotatable bonds is 6. The lowest BCUT2D eigenvalue weighted by atomic mass is 9.76. The molecule has 2 N–H and O–H groups in total. The van der Waals surface area contributed by atoms with Crippen LogP contribution in [0.15, 0.2) is 42.1 Å². The Labute approximate surface area is 238 Å². The van der Waals surface area contributed by atoms with Gasteiger partial charge in [0.25, 0.3) is 0 Å².